The van der Waals surface area contributed by atoms with E-state index in [-0.39, 0.29) is 11.1 Å². The standard InChI is InChI=1S/C20H21NO5/c1-13-7-4-5-8-14(13)12-17(20(24)26-3)21-18(22)15-9-6-10-16(11-15)19(23)25-2/h4-11,17H,12H2,1-3H3,(H,21,22)/t17-/m0/s1. The van der Waals surface area contributed by atoms with Gasteiger partial charge in [-0.3, -0.25) is 4.79 Å². The highest BCUT2D eigenvalue weighted by molar-refractivity contribution is 5.99. The lowest BCUT2D eigenvalue weighted by Crippen LogP contribution is -2.43. The molecule has 1 N–H and O–H groups in total. The zero-order chi connectivity index (χ0) is 19.1. The van der Waals surface area contributed by atoms with Gasteiger partial charge in [-0.15, -0.1) is 0 Å². The summed E-state index contributed by atoms with van der Waals surface area (Å²) in [7, 11) is 2.54. The van der Waals surface area contributed by atoms with Crippen molar-refractivity contribution in [3.05, 3.63) is 70.8 Å². The summed E-state index contributed by atoms with van der Waals surface area (Å²) in [5.74, 6) is -1.55. The largest absolute Gasteiger partial charge is 0.467 e. The van der Waals surface area contributed by atoms with Gasteiger partial charge in [0.1, 0.15) is 6.04 Å². The second-order valence-electron chi connectivity index (χ2n) is 5.75. The molecular weight excluding hydrogens is 334 g/mol. The molecule has 1 atom stereocenters. The molecule has 0 saturated heterocycles. The van der Waals surface area contributed by atoms with Crippen LogP contribution in [0.3, 0.4) is 0 Å². The molecular formula is C20H21NO5. The molecule has 6 heteroatoms. The average Bonchev–Trinajstić information content (AvgIpc) is 2.67. The quantitative estimate of drug-likeness (QED) is 0.804. The molecule has 0 fully saturated rings. The van der Waals surface area contributed by atoms with E-state index in [1.54, 1.807) is 18.2 Å². The van der Waals surface area contributed by atoms with Crippen molar-refractivity contribution < 1.29 is 23.9 Å². The van der Waals surface area contributed by atoms with Crippen LogP contribution in [0.25, 0.3) is 0 Å². The van der Waals surface area contributed by atoms with Gasteiger partial charge in [0.05, 0.1) is 19.8 Å². The number of benzene rings is 2. The summed E-state index contributed by atoms with van der Waals surface area (Å²) in [5.41, 5.74) is 2.47. The Labute approximate surface area is 152 Å². The van der Waals surface area contributed by atoms with E-state index in [0.717, 1.165) is 11.1 Å². The van der Waals surface area contributed by atoms with E-state index in [4.69, 9.17) is 4.74 Å². The number of ether oxygens (including phenoxy) is 2. The van der Waals surface area contributed by atoms with Crippen molar-refractivity contribution in [3.63, 3.8) is 0 Å². The van der Waals surface area contributed by atoms with Gasteiger partial charge < -0.3 is 14.8 Å². The molecule has 0 unspecified atom stereocenters. The van der Waals surface area contributed by atoms with Gasteiger partial charge >= 0.3 is 11.9 Å². The number of hydrogen-bond acceptors (Lipinski definition) is 5. The molecule has 0 heterocycles. The molecule has 2 aromatic carbocycles. The van der Waals surface area contributed by atoms with Crippen LogP contribution in [0.15, 0.2) is 48.5 Å². The van der Waals surface area contributed by atoms with E-state index in [2.05, 4.69) is 10.1 Å². The molecule has 0 aliphatic heterocycles. The van der Waals surface area contributed by atoms with Crippen LogP contribution in [-0.2, 0) is 20.7 Å². The number of amides is 1. The number of carbonyl (C=O) groups excluding carboxylic acids is 3. The molecule has 1 amide bonds. The first-order chi connectivity index (χ1) is 12.5. The maximum absolute atomic E-state index is 12.5. The number of carbonyl (C=O) groups is 3. The van der Waals surface area contributed by atoms with Crippen molar-refractivity contribution in [1.82, 2.24) is 5.32 Å². The summed E-state index contributed by atoms with van der Waals surface area (Å²) in [6, 6.07) is 12.9. The molecule has 2 rings (SSSR count). The minimum atomic E-state index is -0.838. The summed E-state index contributed by atoms with van der Waals surface area (Å²) >= 11 is 0. The monoisotopic (exact) mass is 355 g/mol. The van der Waals surface area contributed by atoms with Crippen LogP contribution in [0.5, 0.6) is 0 Å². The van der Waals surface area contributed by atoms with Gasteiger partial charge in [0, 0.05) is 12.0 Å². The molecule has 0 saturated carbocycles. The highest BCUT2D eigenvalue weighted by Gasteiger charge is 2.23. The Morgan fingerprint density at radius 1 is 0.962 bits per heavy atom. The normalized spacial score (nSPS) is 11.3. The Balaban J connectivity index is 2.20. The van der Waals surface area contributed by atoms with Gasteiger partial charge in [0.2, 0.25) is 0 Å². The van der Waals surface area contributed by atoms with Gasteiger partial charge in [-0.25, -0.2) is 9.59 Å². The molecule has 6 nitrogen and oxygen atoms in total. The minimum Gasteiger partial charge on any atom is -0.467 e. The highest BCUT2D eigenvalue weighted by atomic mass is 16.5. The molecule has 26 heavy (non-hydrogen) atoms. The number of methoxy groups -OCH3 is 2. The Bertz CT molecular complexity index is 815. The van der Waals surface area contributed by atoms with Crippen molar-refractivity contribution in [3.8, 4) is 0 Å². The van der Waals surface area contributed by atoms with Gasteiger partial charge in [-0.2, -0.15) is 0 Å². The van der Waals surface area contributed by atoms with E-state index >= 15 is 0 Å². The van der Waals surface area contributed by atoms with Crippen molar-refractivity contribution in [2.24, 2.45) is 0 Å². The maximum atomic E-state index is 12.5. The summed E-state index contributed by atoms with van der Waals surface area (Å²) < 4.78 is 9.47. The van der Waals surface area contributed by atoms with E-state index in [9.17, 15) is 14.4 Å². The van der Waals surface area contributed by atoms with Crippen LogP contribution >= 0.6 is 0 Å². The number of esters is 2. The smallest absolute Gasteiger partial charge is 0.337 e. The maximum Gasteiger partial charge on any atom is 0.337 e. The van der Waals surface area contributed by atoms with Crippen molar-refractivity contribution >= 4 is 17.8 Å². The topological polar surface area (TPSA) is 81.7 Å². The van der Waals surface area contributed by atoms with Crippen LogP contribution in [0.4, 0.5) is 0 Å². The second-order valence-corrected chi connectivity index (χ2v) is 5.75. The fraction of sp³-hybridized carbons (Fsp3) is 0.250. The molecule has 0 aliphatic rings. The summed E-state index contributed by atoms with van der Waals surface area (Å²) in [6.07, 6.45) is 0.307. The van der Waals surface area contributed by atoms with E-state index in [1.807, 2.05) is 31.2 Å². The van der Waals surface area contributed by atoms with Crippen LogP contribution in [0.1, 0.15) is 31.8 Å². The Morgan fingerprint density at radius 3 is 2.31 bits per heavy atom. The zero-order valence-electron chi connectivity index (χ0n) is 14.9. The fourth-order valence-corrected chi connectivity index (χ4v) is 2.54. The van der Waals surface area contributed by atoms with Gasteiger partial charge in [0.25, 0.3) is 5.91 Å². The van der Waals surface area contributed by atoms with Crippen LogP contribution in [-0.4, -0.2) is 38.1 Å². The first-order valence-electron chi connectivity index (χ1n) is 8.07. The second kappa shape index (κ2) is 8.80. The van der Waals surface area contributed by atoms with Gasteiger partial charge in [-0.1, -0.05) is 30.3 Å². The van der Waals surface area contributed by atoms with Gasteiger partial charge in [0.15, 0.2) is 0 Å². The lowest BCUT2D eigenvalue weighted by molar-refractivity contribution is -0.142. The van der Waals surface area contributed by atoms with Crippen LogP contribution in [0.2, 0.25) is 0 Å². The fourth-order valence-electron chi connectivity index (χ4n) is 2.54. The van der Waals surface area contributed by atoms with E-state index in [0.29, 0.717) is 6.42 Å². The van der Waals surface area contributed by atoms with Crippen LogP contribution in [0, 0.1) is 6.92 Å². The predicted octanol–water partition coefficient (Wildman–Crippen LogP) is 2.30. The molecule has 0 bridgehead atoms. The molecule has 0 spiro atoms. The summed E-state index contributed by atoms with van der Waals surface area (Å²) in [4.78, 5) is 36.3. The molecule has 2 aromatic rings. The molecule has 0 aromatic heterocycles. The Morgan fingerprint density at radius 2 is 1.65 bits per heavy atom. The molecule has 0 radical (unpaired) electrons. The van der Waals surface area contributed by atoms with E-state index < -0.39 is 23.9 Å². The van der Waals surface area contributed by atoms with Crippen LogP contribution < -0.4 is 5.32 Å². The zero-order valence-corrected chi connectivity index (χ0v) is 14.9. The number of rotatable bonds is 6. The average molecular weight is 355 g/mol. The Kier molecular flexibility index (Phi) is 6.49. The lowest BCUT2D eigenvalue weighted by Gasteiger charge is -2.18. The molecule has 136 valence electrons. The van der Waals surface area contributed by atoms with Crippen molar-refractivity contribution in [2.45, 2.75) is 19.4 Å². The van der Waals surface area contributed by atoms with Gasteiger partial charge in [-0.05, 0) is 36.2 Å². The number of nitrogens with one attached hydrogen (secondary N) is 1. The SMILES string of the molecule is COC(=O)c1cccc(C(=O)N[C@@H](Cc2ccccc2C)C(=O)OC)c1. The first kappa shape index (κ1) is 19.2. The van der Waals surface area contributed by atoms with E-state index in [1.165, 1.54) is 20.3 Å². The van der Waals surface area contributed by atoms with Crippen molar-refractivity contribution in [1.29, 1.82) is 0 Å². The third-order valence-corrected chi connectivity index (χ3v) is 4.02. The lowest BCUT2D eigenvalue weighted by atomic mass is 10.0. The third kappa shape index (κ3) is 4.69. The summed E-state index contributed by atoms with van der Waals surface area (Å²) in [6.45, 7) is 1.94. The molecule has 0 aliphatic carbocycles. The minimum absolute atomic E-state index is 0.256. The number of hydrogen-bond donors (Lipinski definition) is 1. The third-order valence-electron chi connectivity index (χ3n) is 4.02. The number of aryl methyl sites for hydroxylation is 1. The van der Waals surface area contributed by atoms with Crippen molar-refractivity contribution in [2.75, 3.05) is 14.2 Å². The predicted molar refractivity (Wildman–Crippen MR) is 95.9 cm³/mol. The Hall–Kier alpha value is -3.15. The first-order valence-corrected chi connectivity index (χ1v) is 8.07. The summed E-state index contributed by atoms with van der Waals surface area (Å²) in [5, 5.41) is 2.68. The highest BCUT2D eigenvalue weighted by Crippen LogP contribution is 2.12.